The van der Waals surface area contributed by atoms with Crippen LogP contribution in [0.1, 0.15) is 6.42 Å². The van der Waals surface area contributed by atoms with Gasteiger partial charge in [0.2, 0.25) is 5.91 Å². The van der Waals surface area contributed by atoms with Gasteiger partial charge in [-0.05, 0) is 24.3 Å². The third-order valence-electron chi connectivity index (χ3n) is 3.49. The van der Waals surface area contributed by atoms with Crippen molar-refractivity contribution in [3.8, 4) is 5.75 Å². The molecule has 2 amide bonds. The minimum Gasteiger partial charge on any atom is -0.479 e. The fraction of sp³-hybridized carbons (Fsp3) is 0.211. The summed E-state index contributed by atoms with van der Waals surface area (Å²) in [6, 6.07) is 14.2. The second kappa shape index (κ2) is 9.91. The monoisotopic (exact) mass is 374 g/mol. The lowest BCUT2D eigenvalue weighted by Crippen LogP contribution is -2.37. The average molecular weight is 374 g/mol. The Labute approximate surface area is 155 Å². The number of rotatable bonds is 9. The van der Waals surface area contributed by atoms with Gasteiger partial charge in [0.25, 0.3) is 5.91 Å². The van der Waals surface area contributed by atoms with E-state index >= 15 is 0 Å². The predicted molar refractivity (Wildman–Crippen MR) is 95.5 cm³/mol. The first-order valence-electron chi connectivity index (χ1n) is 8.14. The van der Waals surface area contributed by atoms with Crippen molar-refractivity contribution >= 4 is 23.5 Å². The molecule has 0 bridgehead atoms. The number of benzene rings is 2. The number of esters is 1. The molecule has 0 heterocycles. The molecular weight excluding hydrogens is 355 g/mol. The summed E-state index contributed by atoms with van der Waals surface area (Å²) in [4.78, 5) is 36.5. The first-order chi connectivity index (χ1) is 13.0. The van der Waals surface area contributed by atoms with Gasteiger partial charge in [0.1, 0.15) is 0 Å². The molecule has 2 N–H and O–H groups in total. The number of hydrogen-bond donors (Lipinski definition) is 1. The van der Waals surface area contributed by atoms with Crippen molar-refractivity contribution in [3.05, 3.63) is 60.4 Å². The van der Waals surface area contributed by atoms with Crippen LogP contribution in [-0.4, -0.2) is 37.5 Å². The van der Waals surface area contributed by atoms with E-state index in [9.17, 15) is 18.8 Å². The number of halogens is 1. The average Bonchev–Trinajstić information content (AvgIpc) is 2.66. The van der Waals surface area contributed by atoms with Crippen LogP contribution in [0, 0.1) is 5.82 Å². The lowest BCUT2D eigenvalue weighted by atomic mass is 10.2. The number of para-hydroxylation sites is 2. The molecule has 0 aromatic heterocycles. The van der Waals surface area contributed by atoms with Gasteiger partial charge in [-0.3, -0.25) is 9.59 Å². The normalized spacial score (nSPS) is 10.1. The molecule has 0 aliphatic carbocycles. The van der Waals surface area contributed by atoms with Gasteiger partial charge < -0.3 is 20.1 Å². The zero-order valence-electron chi connectivity index (χ0n) is 14.5. The highest BCUT2D eigenvalue weighted by Gasteiger charge is 2.18. The number of carbonyl (C=O) groups excluding carboxylic acids is 3. The van der Waals surface area contributed by atoms with Gasteiger partial charge >= 0.3 is 5.97 Å². The van der Waals surface area contributed by atoms with E-state index in [1.807, 2.05) is 0 Å². The third kappa shape index (κ3) is 6.43. The van der Waals surface area contributed by atoms with Gasteiger partial charge in [-0.1, -0.05) is 30.3 Å². The smallest absolute Gasteiger partial charge is 0.344 e. The number of nitrogens with zero attached hydrogens (tertiary/aromatic N) is 1. The van der Waals surface area contributed by atoms with Gasteiger partial charge in [0.15, 0.2) is 24.8 Å². The predicted octanol–water partition coefficient (Wildman–Crippen LogP) is 1.66. The molecule has 27 heavy (non-hydrogen) atoms. The fourth-order valence-electron chi connectivity index (χ4n) is 2.19. The molecule has 0 spiro atoms. The highest BCUT2D eigenvalue weighted by Crippen LogP contribution is 2.16. The Morgan fingerprint density at radius 3 is 2.30 bits per heavy atom. The summed E-state index contributed by atoms with van der Waals surface area (Å²) < 4.78 is 23.3. The molecule has 2 rings (SSSR count). The van der Waals surface area contributed by atoms with Crippen LogP contribution in [0.2, 0.25) is 0 Å². The highest BCUT2D eigenvalue weighted by atomic mass is 19.1. The van der Waals surface area contributed by atoms with Crippen LogP contribution in [0.3, 0.4) is 0 Å². The number of primary amides is 1. The van der Waals surface area contributed by atoms with Gasteiger partial charge in [-0.15, -0.1) is 0 Å². The van der Waals surface area contributed by atoms with Crippen molar-refractivity contribution in [1.82, 2.24) is 0 Å². The third-order valence-corrected chi connectivity index (χ3v) is 3.49. The minimum atomic E-state index is -0.825. The summed E-state index contributed by atoms with van der Waals surface area (Å²) in [6.45, 7) is -1.03. The van der Waals surface area contributed by atoms with Crippen LogP contribution in [0.4, 0.5) is 10.1 Å². The first-order valence-corrected chi connectivity index (χ1v) is 8.14. The SMILES string of the molecule is NC(=O)CCN(C(=O)COC(=O)COc1ccccc1F)c1ccccc1. The topological polar surface area (TPSA) is 98.9 Å². The maximum absolute atomic E-state index is 13.4. The van der Waals surface area contributed by atoms with Crippen molar-refractivity contribution in [1.29, 1.82) is 0 Å². The van der Waals surface area contributed by atoms with E-state index in [2.05, 4.69) is 0 Å². The number of hydrogen-bond acceptors (Lipinski definition) is 5. The maximum Gasteiger partial charge on any atom is 0.344 e. The molecule has 0 saturated heterocycles. The maximum atomic E-state index is 13.4. The highest BCUT2D eigenvalue weighted by molar-refractivity contribution is 5.95. The fourth-order valence-corrected chi connectivity index (χ4v) is 2.19. The van der Waals surface area contributed by atoms with E-state index in [4.69, 9.17) is 15.2 Å². The molecule has 0 fully saturated rings. The summed E-state index contributed by atoms with van der Waals surface area (Å²) in [7, 11) is 0. The summed E-state index contributed by atoms with van der Waals surface area (Å²) in [6.07, 6.45) is -0.0367. The summed E-state index contributed by atoms with van der Waals surface area (Å²) in [5.41, 5.74) is 5.68. The molecule has 2 aromatic rings. The quantitative estimate of drug-likeness (QED) is 0.673. The second-order valence-electron chi connectivity index (χ2n) is 5.48. The van der Waals surface area contributed by atoms with E-state index in [0.29, 0.717) is 5.69 Å². The standard InChI is InChI=1S/C19H19FN2O5/c20-15-8-4-5-9-16(15)26-13-19(25)27-12-18(24)22(11-10-17(21)23)14-6-2-1-3-7-14/h1-9H,10-13H2,(H2,21,23). The Hall–Kier alpha value is -3.42. The van der Waals surface area contributed by atoms with E-state index < -0.39 is 36.8 Å². The number of nitrogens with two attached hydrogens (primary N) is 1. The Bertz CT molecular complexity index is 798. The van der Waals surface area contributed by atoms with Gasteiger partial charge in [-0.2, -0.15) is 0 Å². The van der Waals surface area contributed by atoms with Crippen molar-refractivity contribution in [2.75, 3.05) is 24.7 Å². The van der Waals surface area contributed by atoms with Crippen LogP contribution in [0.5, 0.6) is 5.75 Å². The Morgan fingerprint density at radius 2 is 1.63 bits per heavy atom. The molecule has 0 unspecified atom stereocenters. The zero-order valence-corrected chi connectivity index (χ0v) is 14.5. The van der Waals surface area contributed by atoms with Crippen LogP contribution in [-0.2, 0) is 19.1 Å². The number of ether oxygens (including phenoxy) is 2. The summed E-state index contributed by atoms with van der Waals surface area (Å²) in [5.74, 6) is -2.61. The summed E-state index contributed by atoms with van der Waals surface area (Å²) >= 11 is 0. The Balaban J connectivity index is 1.89. The molecular formula is C19H19FN2O5. The molecule has 0 radical (unpaired) electrons. The van der Waals surface area contributed by atoms with Crippen molar-refractivity contribution in [2.24, 2.45) is 5.73 Å². The molecule has 8 heteroatoms. The number of carbonyl (C=O) groups is 3. The van der Waals surface area contributed by atoms with Crippen LogP contribution in [0.15, 0.2) is 54.6 Å². The minimum absolute atomic E-state index is 0.0367. The van der Waals surface area contributed by atoms with E-state index in [-0.39, 0.29) is 18.7 Å². The Kier molecular flexibility index (Phi) is 7.30. The Morgan fingerprint density at radius 1 is 0.963 bits per heavy atom. The lowest BCUT2D eigenvalue weighted by molar-refractivity contribution is -0.149. The largest absolute Gasteiger partial charge is 0.479 e. The van der Waals surface area contributed by atoms with E-state index in [1.165, 1.54) is 23.1 Å². The molecule has 0 aliphatic heterocycles. The first kappa shape index (κ1) is 19.9. The molecule has 0 atom stereocenters. The second-order valence-corrected chi connectivity index (χ2v) is 5.48. The van der Waals surface area contributed by atoms with Crippen molar-refractivity contribution < 1.29 is 28.2 Å². The number of amides is 2. The lowest BCUT2D eigenvalue weighted by Gasteiger charge is -2.22. The molecule has 7 nitrogen and oxygen atoms in total. The van der Waals surface area contributed by atoms with Crippen LogP contribution >= 0.6 is 0 Å². The molecule has 2 aromatic carbocycles. The van der Waals surface area contributed by atoms with E-state index in [0.717, 1.165) is 0 Å². The van der Waals surface area contributed by atoms with Gasteiger partial charge in [0, 0.05) is 18.7 Å². The van der Waals surface area contributed by atoms with E-state index in [1.54, 1.807) is 36.4 Å². The van der Waals surface area contributed by atoms with Gasteiger partial charge in [-0.25, -0.2) is 9.18 Å². The molecule has 142 valence electrons. The zero-order chi connectivity index (χ0) is 19.6. The van der Waals surface area contributed by atoms with Crippen LogP contribution in [0.25, 0.3) is 0 Å². The number of anilines is 1. The van der Waals surface area contributed by atoms with Crippen molar-refractivity contribution in [2.45, 2.75) is 6.42 Å². The molecule has 0 saturated carbocycles. The molecule has 0 aliphatic rings. The van der Waals surface area contributed by atoms with Crippen molar-refractivity contribution in [3.63, 3.8) is 0 Å². The van der Waals surface area contributed by atoms with Gasteiger partial charge in [0.05, 0.1) is 0 Å². The van der Waals surface area contributed by atoms with Crippen LogP contribution < -0.4 is 15.4 Å². The summed E-state index contributed by atoms with van der Waals surface area (Å²) in [5, 5.41) is 0.